The molecule has 1 aromatic heterocycles. The maximum absolute atomic E-state index is 12.6. The van der Waals surface area contributed by atoms with Crippen LogP contribution in [0.5, 0.6) is 0 Å². The molecule has 0 radical (unpaired) electrons. The zero-order valence-electron chi connectivity index (χ0n) is 15.7. The van der Waals surface area contributed by atoms with E-state index < -0.39 is 0 Å². The summed E-state index contributed by atoms with van der Waals surface area (Å²) in [6.45, 7) is 6.62. The quantitative estimate of drug-likeness (QED) is 0.887. The number of nitrogens with zero attached hydrogens (tertiary/aromatic N) is 3. The van der Waals surface area contributed by atoms with E-state index in [0.717, 1.165) is 44.1 Å². The molecule has 2 aliphatic heterocycles. The highest BCUT2D eigenvalue weighted by Crippen LogP contribution is 2.23. The molecule has 5 heteroatoms. The minimum absolute atomic E-state index is 0.134. The molecule has 0 unspecified atom stereocenters. The van der Waals surface area contributed by atoms with Gasteiger partial charge in [-0.05, 0) is 78.0 Å². The largest absolute Gasteiger partial charge is 0.353 e. The smallest absolute Gasteiger partial charge is 0.223 e. The first-order valence-electron chi connectivity index (χ1n) is 9.74. The second kappa shape index (κ2) is 8.77. The van der Waals surface area contributed by atoms with Gasteiger partial charge in [-0.1, -0.05) is 6.07 Å². The van der Waals surface area contributed by atoms with Gasteiger partial charge in [0.05, 0.1) is 0 Å². The molecule has 3 heterocycles. The van der Waals surface area contributed by atoms with Crippen LogP contribution in [0.15, 0.2) is 24.4 Å². The summed E-state index contributed by atoms with van der Waals surface area (Å²) < 4.78 is 0. The van der Waals surface area contributed by atoms with E-state index in [9.17, 15) is 4.79 Å². The predicted octanol–water partition coefficient (Wildman–Crippen LogP) is 1.93. The monoisotopic (exact) mass is 344 g/mol. The van der Waals surface area contributed by atoms with E-state index in [1.807, 2.05) is 24.4 Å². The molecule has 0 spiro atoms. The van der Waals surface area contributed by atoms with Crippen LogP contribution in [0.3, 0.4) is 0 Å². The fourth-order valence-corrected chi connectivity index (χ4v) is 4.13. The molecular formula is C20H32N4O. The standard InChI is InChI=1S/C20H32N4O/c1-16(15-18-5-3-4-10-21-18)22-20(25)17-6-13-24(14-7-17)19-8-11-23(2)12-9-19/h3-5,10,16-17,19H,6-9,11-15H2,1-2H3,(H,22,25)/t16-/m0/s1. The number of aromatic nitrogens is 1. The first-order chi connectivity index (χ1) is 12.1. The Morgan fingerprint density at radius 2 is 1.92 bits per heavy atom. The zero-order valence-corrected chi connectivity index (χ0v) is 15.7. The molecule has 1 N–H and O–H groups in total. The number of likely N-dealkylation sites (tertiary alicyclic amines) is 2. The van der Waals surface area contributed by atoms with Crippen molar-refractivity contribution < 1.29 is 4.79 Å². The predicted molar refractivity (Wildman–Crippen MR) is 100 cm³/mol. The minimum Gasteiger partial charge on any atom is -0.353 e. The lowest BCUT2D eigenvalue weighted by Gasteiger charge is -2.40. The van der Waals surface area contributed by atoms with Gasteiger partial charge in [0, 0.05) is 36.3 Å². The maximum atomic E-state index is 12.6. The van der Waals surface area contributed by atoms with Gasteiger partial charge in [0.25, 0.3) is 0 Å². The molecule has 0 aliphatic carbocycles. The number of amides is 1. The van der Waals surface area contributed by atoms with Crippen LogP contribution < -0.4 is 5.32 Å². The van der Waals surface area contributed by atoms with Crippen molar-refractivity contribution in [2.45, 2.75) is 51.1 Å². The molecule has 138 valence electrons. The van der Waals surface area contributed by atoms with Crippen molar-refractivity contribution >= 4 is 5.91 Å². The van der Waals surface area contributed by atoms with Crippen molar-refractivity contribution in [2.24, 2.45) is 5.92 Å². The van der Waals surface area contributed by atoms with Gasteiger partial charge in [-0.25, -0.2) is 0 Å². The van der Waals surface area contributed by atoms with E-state index in [4.69, 9.17) is 0 Å². The molecule has 1 atom stereocenters. The first kappa shape index (κ1) is 18.3. The number of hydrogen-bond acceptors (Lipinski definition) is 4. The Balaban J connectivity index is 1.40. The third-order valence-corrected chi connectivity index (χ3v) is 5.73. The number of pyridine rings is 1. The normalized spacial score (nSPS) is 22.6. The molecule has 25 heavy (non-hydrogen) atoms. The van der Waals surface area contributed by atoms with Gasteiger partial charge in [0.15, 0.2) is 0 Å². The third-order valence-electron chi connectivity index (χ3n) is 5.73. The molecule has 1 amide bonds. The van der Waals surface area contributed by atoms with Gasteiger partial charge in [0.2, 0.25) is 5.91 Å². The molecule has 5 nitrogen and oxygen atoms in total. The molecule has 2 aliphatic rings. The average Bonchev–Trinajstić information content (AvgIpc) is 2.63. The van der Waals surface area contributed by atoms with Crippen molar-refractivity contribution in [2.75, 3.05) is 33.2 Å². The summed E-state index contributed by atoms with van der Waals surface area (Å²) >= 11 is 0. The molecule has 1 aromatic rings. The molecule has 2 fully saturated rings. The number of rotatable bonds is 5. The number of hydrogen-bond donors (Lipinski definition) is 1. The van der Waals surface area contributed by atoms with Gasteiger partial charge in [-0.3, -0.25) is 9.78 Å². The van der Waals surface area contributed by atoms with Crippen LogP contribution in [0.2, 0.25) is 0 Å². The van der Waals surface area contributed by atoms with Gasteiger partial charge in [0.1, 0.15) is 0 Å². The van der Waals surface area contributed by atoms with E-state index in [-0.39, 0.29) is 17.9 Å². The van der Waals surface area contributed by atoms with Gasteiger partial charge in [-0.2, -0.15) is 0 Å². The van der Waals surface area contributed by atoms with Crippen molar-refractivity contribution in [3.8, 4) is 0 Å². The first-order valence-corrected chi connectivity index (χ1v) is 9.74. The maximum Gasteiger partial charge on any atom is 0.223 e. The number of carbonyl (C=O) groups excluding carboxylic acids is 1. The van der Waals surface area contributed by atoms with Crippen LogP contribution in [0, 0.1) is 5.92 Å². The van der Waals surface area contributed by atoms with Crippen LogP contribution in [0.4, 0.5) is 0 Å². The van der Waals surface area contributed by atoms with Crippen LogP contribution in [-0.2, 0) is 11.2 Å². The van der Waals surface area contributed by atoms with Gasteiger partial charge < -0.3 is 15.1 Å². The Morgan fingerprint density at radius 1 is 1.20 bits per heavy atom. The fraction of sp³-hybridized carbons (Fsp3) is 0.700. The molecule has 0 saturated carbocycles. The zero-order chi connectivity index (χ0) is 17.6. The second-order valence-corrected chi connectivity index (χ2v) is 7.78. The Morgan fingerprint density at radius 3 is 2.56 bits per heavy atom. The van der Waals surface area contributed by atoms with Crippen molar-refractivity contribution in [1.29, 1.82) is 0 Å². The van der Waals surface area contributed by atoms with Crippen molar-refractivity contribution in [3.05, 3.63) is 30.1 Å². The van der Waals surface area contributed by atoms with E-state index in [1.54, 1.807) is 0 Å². The lowest BCUT2D eigenvalue weighted by molar-refractivity contribution is -0.127. The summed E-state index contributed by atoms with van der Waals surface area (Å²) in [6.07, 6.45) is 7.13. The summed E-state index contributed by atoms with van der Waals surface area (Å²) in [5, 5.41) is 3.19. The topological polar surface area (TPSA) is 48.5 Å². The SMILES string of the molecule is C[C@@H](Cc1ccccn1)NC(=O)C1CCN(C2CCN(C)CC2)CC1. The molecular weight excluding hydrogens is 312 g/mol. The van der Waals surface area contributed by atoms with Crippen molar-refractivity contribution in [3.63, 3.8) is 0 Å². The second-order valence-electron chi connectivity index (χ2n) is 7.78. The molecule has 0 bridgehead atoms. The van der Waals surface area contributed by atoms with E-state index in [2.05, 4.69) is 34.1 Å². The van der Waals surface area contributed by atoms with Gasteiger partial charge >= 0.3 is 0 Å². The van der Waals surface area contributed by atoms with Crippen LogP contribution in [0.1, 0.15) is 38.3 Å². The minimum atomic E-state index is 0.134. The Bertz CT molecular complexity index is 534. The van der Waals surface area contributed by atoms with Crippen LogP contribution in [-0.4, -0.2) is 66.0 Å². The summed E-state index contributed by atoms with van der Waals surface area (Å²) in [5.41, 5.74) is 1.03. The molecule has 0 aromatic carbocycles. The van der Waals surface area contributed by atoms with E-state index >= 15 is 0 Å². The highest BCUT2D eigenvalue weighted by molar-refractivity contribution is 5.79. The van der Waals surface area contributed by atoms with E-state index in [0.29, 0.717) is 0 Å². The Hall–Kier alpha value is -1.46. The highest BCUT2D eigenvalue weighted by atomic mass is 16.1. The number of piperidine rings is 2. The lowest BCUT2D eigenvalue weighted by atomic mass is 9.92. The summed E-state index contributed by atoms with van der Waals surface area (Å²) in [7, 11) is 2.21. The van der Waals surface area contributed by atoms with Gasteiger partial charge in [-0.15, -0.1) is 0 Å². The fourth-order valence-electron chi connectivity index (χ4n) is 4.13. The summed E-state index contributed by atoms with van der Waals surface area (Å²) in [5.74, 6) is 0.403. The van der Waals surface area contributed by atoms with E-state index in [1.165, 1.54) is 25.9 Å². The Labute approximate surface area is 151 Å². The summed E-state index contributed by atoms with van der Waals surface area (Å²) in [4.78, 5) is 21.9. The highest BCUT2D eigenvalue weighted by Gasteiger charge is 2.30. The molecule has 3 rings (SSSR count). The summed E-state index contributed by atoms with van der Waals surface area (Å²) in [6, 6.07) is 6.79. The lowest BCUT2D eigenvalue weighted by Crippen LogP contribution is -2.49. The molecule has 2 saturated heterocycles. The van der Waals surface area contributed by atoms with Crippen molar-refractivity contribution in [1.82, 2.24) is 20.1 Å². The number of carbonyl (C=O) groups is 1. The number of nitrogens with one attached hydrogen (secondary N) is 1. The Kier molecular flexibility index (Phi) is 6.43. The average molecular weight is 345 g/mol. The van der Waals surface area contributed by atoms with Crippen LogP contribution >= 0.6 is 0 Å². The third kappa shape index (κ3) is 5.25. The van der Waals surface area contributed by atoms with Crippen LogP contribution in [0.25, 0.3) is 0 Å².